The van der Waals surface area contributed by atoms with Gasteiger partial charge in [-0.1, -0.05) is 42.5 Å². The quantitative estimate of drug-likeness (QED) is 0.746. The Kier molecular flexibility index (Phi) is 5.20. The molecule has 0 saturated heterocycles. The minimum Gasteiger partial charge on any atom is -0.383 e. The van der Waals surface area contributed by atoms with Gasteiger partial charge in [-0.2, -0.15) is 0 Å². The number of amides is 1. The zero-order valence-corrected chi connectivity index (χ0v) is 13.9. The number of benzene rings is 2. The highest BCUT2D eigenvalue weighted by Gasteiger charge is 2.17. The molecule has 3 aromatic rings. The number of rotatable bonds is 6. The van der Waals surface area contributed by atoms with Crippen LogP contribution in [0, 0.1) is 0 Å². The second-order valence-electron chi connectivity index (χ2n) is 5.57. The summed E-state index contributed by atoms with van der Waals surface area (Å²) < 4.78 is 6.42. The van der Waals surface area contributed by atoms with Crippen molar-refractivity contribution in [1.82, 2.24) is 14.9 Å². The lowest BCUT2D eigenvalue weighted by molar-refractivity contribution is 0.0931. The van der Waals surface area contributed by atoms with Crippen molar-refractivity contribution in [2.45, 2.75) is 13.1 Å². The number of ether oxygens (including phenoxy) is 1. The van der Waals surface area contributed by atoms with Crippen LogP contribution in [0.4, 0.5) is 0 Å². The van der Waals surface area contributed by atoms with Crippen molar-refractivity contribution < 1.29 is 9.53 Å². The average Bonchev–Trinajstić information content (AvgIpc) is 2.66. The summed E-state index contributed by atoms with van der Waals surface area (Å²) >= 11 is 0. The smallest absolute Gasteiger partial charge is 0.287 e. The lowest BCUT2D eigenvalue weighted by Crippen LogP contribution is -2.34. The van der Waals surface area contributed by atoms with E-state index in [0.29, 0.717) is 24.1 Å². The first-order valence-electron chi connectivity index (χ1n) is 8.01. The van der Waals surface area contributed by atoms with Gasteiger partial charge < -0.3 is 10.1 Å². The molecule has 1 N–H and O–H groups in total. The second-order valence-corrected chi connectivity index (χ2v) is 5.57. The zero-order chi connectivity index (χ0) is 17.6. The molecule has 1 aromatic heterocycles. The number of hydrogen-bond acceptors (Lipinski definition) is 4. The van der Waals surface area contributed by atoms with Gasteiger partial charge in [-0.05, 0) is 17.7 Å². The Bertz CT molecular complexity index is 936. The van der Waals surface area contributed by atoms with Crippen molar-refractivity contribution >= 4 is 16.8 Å². The monoisotopic (exact) mass is 337 g/mol. The first kappa shape index (κ1) is 16.9. The summed E-state index contributed by atoms with van der Waals surface area (Å²) in [5.74, 6) is -0.292. The van der Waals surface area contributed by atoms with Gasteiger partial charge in [0.25, 0.3) is 11.5 Å². The fraction of sp³-hybridized carbons (Fsp3) is 0.211. The molecular weight excluding hydrogens is 318 g/mol. The van der Waals surface area contributed by atoms with Crippen LogP contribution in [0.1, 0.15) is 16.2 Å². The van der Waals surface area contributed by atoms with Gasteiger partial charge in [0.05, 0.1) is 24.1 Å². The maximum absolute atomic E-state index is 12.7. The molecule has 0 spiro atoms. The van der Waals surface area contributed by atoms with Crippen LogP contribution >= 0.6 is 0 Å². The predicted molar refractivity (Wildman–Crippen MR) is 95.5 cm³/mol. The molecule has 6 nitrogen and oxygen atoms in total. The van der Waals surface area contributed by atoms with E-state index in [0.717, 1.165) is 5.56 Å². The molecule has 0 fully saturated rings. The molecule has 2 aromatic carbocycles. The molecule has 128 valence electrons. The number of nitrogens with zero attached hydrogens (tertiary/aromatic N) is 2. The summed E-state index contributed by atoms with van der Waals surface area (Å²) in [5.41, 5.74) is 1.24. The number of fused-ring (bicyclic) bond motifs is 1. The Hall–Kier alpha value is -2.99. The van der Waals surface area contributed by atoms with E-state index < -0.39 is 0 Å². The maximum atomic E-state index is 12.7. The minimum absolute atomic E-state index is 0.0941. The van der Waals surface area contributed by atoms with Gasteiger partial charge in [0, 0.05) is 13.7 Å². The van der Waals surface area contributed by atoms with E-state index in [9.17, 15) is 9.59 Å². The van der Waals surface area contributed by atoms with Crippen LogP contribution in [0.2, 0.25) is 0 Å². The van der Waals surface area contributed by atoms with E-state index in [1.807, 2.05) is 30.3 Å². The van der Waals surface area contributed by atoms with E-state index in [-0.39, 0.29) is 23.8 Å². The number of carbonyl (C=O) groups excluding carboxylic acids is 1. The first-order chi connectivity index (χ1) is 12.2. The molecule has 1 heterocycles. The number of hydrogen-bond donors (Lipinski definition) is 1. The van der Waals surface area contributed by atoms with Crippen molar-refractivity contribution in [1.29, 1.82) is 0 Å². The first-order valence-corrected chi connectivity index (χ1v) is 8.01. The number of methoxy groups -OCH3 is 1. The highest BCUT2D eigenvalue weighted by atomic mass is 16.5. The Morgan fingerprint density at radius 2 is 1.84 bits per heavy atom. The molecule has 0 aliphatic carbocycles. The third-order valence-electron chi connectivity index (χ3n) is 3.88. The van der Waals surface area contributed by atoms with Crippen molar-refractivity contribution in [3.05, 3.63) is 76.3 Å². The molecule has 0 radical (unpaired) electrons. The molecule has 0 unspecified atom stereocenters. The number of para-hydroxylation sites is 1. The lowest BCUT2D eigenvalue weighted by atomic mass is 10.2. The third-order valence-corrected chi connectivity index (χ3v) is 3.88. The molecule has 3 rings (SSSR count). The molecule has 0 aliphatic rings. The van der Waals surface area contributed by atoms with E-state index >= 15 is 0 Å². The van der Waals surface area contributed by atoms with Crippen LogP contribution in [0.3, 0.4) is 0 Å². The topological polar surface area (TPSA) is 73.2 Å². The lowest BCUT2D eigenvalue weighted by Gasteiger charge is -2.13. The Balaban J connectivity index is 1.95. The van der Waals surface area contributed by atoms with Crippen molar-refractivity contribution in [3.63, 3.8) is 0 Å². The van der Waals surface area contributed by atoms with E-state index in [2.05, 4.69) is 10.3 Å². The third kappa shape index (κ3) is 3.75. The largest absolute Gasteiger partial charge is 0.383 e. The average molecular weight is 337 g/mol. The van der Waals surface area contributed by atoms with Crippen LogP contribution < -0.4 is 10.9 Å². The van der Waals surface area contributed by atoms with E-state index in [4.69, 9.17) is 4.74 Å². The number of carbonyl (C=O) groups is 1. The normalized spacial score (nSPS) is 10.8. The number of aromatic nitrogens is 2. The fourth-order valence-electron chi connectivity index (χ4n) is 2.59. The molecule has 0 saturated carbocycles. The number of nitrogens with one attached hydrogen (secondary N) is 1. The summed E-state index contributed by atoms with van der Waals surface area (Å²) in [6.07, 6.45) is 0. The van der Waals surface area contributed by atoms with Gasteiger partial charge in [0.2, 0.25) is 5.82 Å². The molecule has 0 bridgehead atoms. The van der Waals surface area contributed by atoms with Gasteiger partial charge in [-0.15, -0.1) is 0 Å². The Labute approximate surface area is 145 Å². The van der Waals surface area contributed by atoms with Gasteiger partial charge in [0.1, 0.15) is 0 Å². The van der Waals surface area contributed by atoms with Crippen molar-refractivity contribution in [2.24, 2.45) is 0 Å². The van der Waals surface area contributed by atoms with Gasteiger partial charge >= 0.3 is 0 Å². The molecule has 0 aliphatic heterocycles. The van der Waals surface area contributed by atoms with Crippen molar-refractivity contribution in [3.8, 4) is 0 Å². The molecule has 0 atom stereocenters. The highest BCUT2D eigenvalue weighted by Crippen LogP contribution is 2.08. The molecule has 1 amide bonds. The van der Waals surface area contributed by atoms with Crippen LogP contribution in [0.25, 0.3) is 10.9 Å². The predicted octanol–water partition coefficient (Wildman–Crippen LogP) is 1.97. The van der Waals surface area contributed by atoms with Gasteiger partial charge in [-0.25, -0.2) is 4.98 Å². The molecule has 6 heteroatoms. The van der Waals surface area contributed by atoms with E-state index in [1.54, 1.807) is 31.4 Å². The Morgan fingerprint density at radius 1 is 1.12 bits per heavy atom. The standard InChI is InChI=1S/C19H19N3O3/c1-25-12-11-22-17(18(23)20-13-14-7-3-2-4-8-14)21-16-10-6-5-9-15(16)19(22)24/h2-10H,11-13H2,1H3,(H,20,23). The summed E-state index contributed by atoms with van der Waals surface area (Å²) in [6.45, 7) is 0.951. The van der Waals surface area contributed by atoms with Gasteiger partial charge in [0.15, 0.2) is 0 Å². The molecule has 25 heavy (non-hydrogen) atoms. The summed E-state index contributed by atoms with van der Waals surface area (Å²) in [5, 5.41) is 3.31. The fourth-order valence-corrected chi connectivity index (χ4v) is 2.59. The van der Waals surface area contributed by atoms with Crippen LogP contribution in [0.5, 0.6) is 0 Å². The SMILES string of the molecule is COCCn1c(C(=O)NCc2ccccc2)nc2ccccc2c1=O. The summed E-state index contributed by atoms with van der Waals surface area (Å²) in [7, 11) is 1.55. The second kappa shape index (κ2) is 7.72. The van der Waals surface area contributed by atoms with Gasteiger partial charge in [-0.3, -0.25) is 14.2 Å². The minimum atomic E-state index is -0.386. The van der Waals surface area contributed by atoms with Crippen LogP contribution in [-0.4, -0.2) is 29.2 Å². The summed E-state index contributed by atoms with van der Waals surface area (Å²) in [4.78, 5) is 29.7. The Morgan fingerprint density at radius 3 is 2.60 bits per heavy atom. The molecular formula is C19H19N3O3. The summed E-state index contributed by atoms with van der Waals surface area (Å²) in [6, 6.07) is 16.6. The maximum Gasteiger partial charge on any atom is 0.287 e. The van der Waals surface area contributed by atoms with Crippen LogP contribution in [-0.2, 0) is 17.8 Å². The highest BCUT2D eigenvalue weighted by molar-refractivity contribution is 5.93. The van der Waals surface area contributed by atoms with Crippen LogP contribution in [0.15, 0.2) is 59.4 Å². The van der Waals surface area contributed by atoms with E-state index in [1.165, 1.54) is 4.57 Å². The zero-order valence-electron chi connectivity index (χ0n) is 13.9. The van der Waals surface area contributed by atoms with Crippen molar-refractivity contribution in [2.75, 3.05) is 13.7 Å².